The predicted octanol–water partition coefficient (Wildman–Crippen LogP) is -1.05. The van der Waals surface area contributed by atoms with Gasteiger partial charge in [-0.3, -0.25) is 0 Å². The second-order valence-electron chi connectivity index (χ2n) is 2.14. The molecule has 2 atom stereocenters. The molecule has 1 aliphatic heterocycles. The summed E-state index contributed by atoms with van der Waals surface area (Å²) in [5, 5.41) is 8.58. The van der Waals surface area contributed by atoms with Crippen LogP contribution in [0.25, 0.3) is 0 Å². The largest absolute Gasteiger partial charge is 0.396 e. The van der Waals surface area contributed by atoms with E-state index in [0.717, 1.165) is 0 Å². The molecule has 0 unspecified atom stereocenters. The van der Waals surface area contributed by atoms with E-state index in [-0.39, 0.29) is 18.6 Å². The fraction of sp³-hybridized carbons (Fsp3) is 1.00. The smallest absolute Gasteiger partial charge is 0.0622 e. The van der Waals surface area contributed by atoms with Crippen LogP contribution in [-0.2, 0) is 4.74 Å². The molecule has 0 amide bonds. The topological polar surface area (TPSA) is 55.5 Å². The van der Waals surface area contributed by atoms with Gasteiger partial charge in [-0.2, -0.15) is 0 Å². The zero-order valence-electron chi connectivity index (χ0n) is 4.71. The summed E-state index contributed by atoms with van der Waals surface area (Å²) >= 11 is 0. The maximum Gasteiger partial charge on any atom is 0.0622 e. The molecular weight excluding hydrogens is 106 g/mol. The molecule has 0 aromatic heterocycles. The van der Waals surface area contributed by atoms with Gasteiger partial charge in [-0.25, -0.2) is 0 Å². The number of ether oxygens (including phenoxy) is 1. The Balaban J connectivity index is 2.30. The molecule has 1 aliphatic rings. The van der Waals surface area contributed by atoms with Gasteiger partial charge in [0.1, 0.15) is 0 Å². The zero-order valence-corrected chi connectivity index (χ0v) is 4.71. The molecule has 48 valence electrons. The maximum atomic E-state index is 8.58. The van der Waals surface area contributed by atoms with Crippen molar-refractivity contribution >= 4 is 0 Å². The molecular formula is C5H11NO2. The van der Waals surface area contributed by atoms with Gasteiger partial charge in [0, 0.05) is 18.6 Å². The lowest BCUT2D eigenvalue weighted by Crippen LogP contribution is -2.30. The maximum absolute atomic E-state index is 8.58. The lowest BCUT2D eigenvalue weighted by Gasteiger charge is -2.06. The minimum atomic E-state index is 0.0556. The normalized spacial score (nSPS) is 38.2. The molecule has 3 nitrogen and oxygen atoms in total. The van der Waals surface area contributed by atoms with Crippen LogP contribution in [0.5, 0.6) is 0 Å². The lowest BCUT2D eigenvalue weighted by molar-refractivity contribution is 0.161. The summed E-state index contributed by atoms with van der Waals surface area (Å²) in [4.78, 5) is 0. The predicted molar refractivity (Wildman–Crippen MR) is 29.4 cm³/mol. The van der Waals surface area contributed by atoms with Crippen molar-refractivity contribution in [2.45, 2.75) is 6.04 Å². The van der Waals surface area contributed by atoms with Crippen LogP contribution in [0, 0.1) is 5.92 Å². The van der Waals surface area contributed by atoms with Gasteiger partial charge in [0.25, 0.3) is 0 Å². The molecule has 1 rings (SSSR count). The number of hydrogen-bond donors (Lipinski definition) is 2. The van der Waals surface area contributed by atoms with Crippen molar-refractivity contribution in [3.05, 3.63) is 0 Å². The summed E-state index contributed by atoms with van der Waals surface area (Å²) in [7, 11) is 0. The van der Waals surface area contributed by atoms with E-state index in [1.807, 2.05) is 0 Å². The number of hydrogen-bond acceptors (Lipinski definition) is 3. The molecule has 0 bridgehead atoms. The van der Waals surface area contributed by atoms with E-state index in [2.05, 4.69) is 0 Å². The summed E-state index contributed by atoms with van der Waals surface area (Å²) in [5.74, 6) is 0.176. The van der Waals surface area contributed by atoms with Crippen LogP contribution in [0.3, 0.4) is 0 Å². The highest BCUT2D eigenvalue weighted by Crippen LogP contribution is 2.09. The third-order valence-electron chi connectivity index (χ3n) is 1.48. The van der Waals surface area contributed by atoms with Crippen LogP contribution in [-0.4, -0.2) is 31.0 Å². The standard InChI is InChI=1S/C5H11NO2/c6-5-3-8-2-4(5)1-7/h4-5,7H,1-3,6H2/t4-,5+/m1/s1. The quantitative estimate of drug-likeness (QED) is 0.461. The summed E-state index contributed by atoms with van der Waals surface area (Å²) in [6, 6.07) is 0.0556. The Labute approximate surface area is 48.4 Å². The summed E-state index contributed by atoms with van der Waals surface area (Å²) < 4.78 is 4.98. The van der Waals surface area contributed by atoms with Crippen LogP contribution in [0.2, 0.25) is 0 Å². The van der Waals surface area contributed by atoms with Crippen molar-refractivity contribution in [2.75, 3.05) is 19.8 Å². The Kier molecular flexibility index (Phi) is 1.83. The Bertz CT molecular complexity index is 76.8. The van der Waals surface area contributed by atoms with E-state index in [4.69, 9.17) is 15.6 Å². The number of nitrogens with two attached hydrogens (primary N) is 1. The first-order valence-corrected chi connectivity index (χ1v) is 2.78. The number of rotatable bonds is 1. The van der Waals surface area contributed by atoms with Gasteiger partial charge < -0.3 is 15.6 Å². The molecule has 3 heteroatoms. The van der Waals surface area contributed by atoms with Crippen molar-refractivity contribution in [3.63, 3.8) is 0 Å². The monoisotopic (exact) mass is 117 g/mol. The minimum Gasteiger partial charge on any atom is -0.396 e. The Morgan fingerprint density at radius 3 is 2.62 bits per heavy atom. The molecule has 0 radical (unpaired) electrons. The molecule has 0 aromatic rings. The molecule has 0 aromatic carbocycles. The van der Waals surface area contributed by atoms with E-state index in [1.165, 1.54) is 0 Å². The van der Waals surface area contributed by atoms with Crippen molar-refractivity contribution in [1.82, 2.24) is 0 Å². The average molecular weight is 117 g/mol. The van der Waals surface area contributed by atoms with Crippen LogP contribution in [0.15, 0.2) is 0 Å². The highest BCUT2D eigenvalue weighted by Gasteiger charge is 2.23. The second kappa shape index (κ2) is 2.44. The van der Waals surface area contributed by atoms with Crippen LogP contribution in [0.4, 0.5) is 0 Å². The van der Waals surface area contributed by atoms with Crippen molar-refractivity contribution < 1.29 is 9.84 Å². The van der Waals surface area contributed by atoms with Gasteiger partial charge in [-0.1, -0.05) is 0 Å². The molecule has 3 N–H and O–H groups in total. The minimum absolute atomic E-state index is 0.0556. The first kappa shape index (κ1) is 6.01. The van der Waals surface area contributed by atoms with Gasteiger partial charge in [0.15, 0.2) is 0 Å². The average Bonchev–Trinajstić information content (AvgIpc) is 2.14. The number of aliphatic hydroxyl groups is 1. The van der Waals surface area contributed by atoms with E-state index in [1.54, 1.807) is 0 Å². The van der Waals surface area contributed by atoms with E-state index in [9.17, 15) is 0 Å². The highest BCUT2D eigenvalue weighted by molar-refractivity contribution is 4.76. The molecule has 1 saturated heterocycles. The van der Waals surface area contributed by atoms with Crippen molar-refractivity contribution in [2.24, 2.45) is 11.7 Å². The highest BCUT2D eigenvalue weighted by atomic mass is 16.5. The first-order chi connectivity index (χ1) is 3.84. The second-order valence-corrected chi connectivity index (χ2v) is 2.14. The van der Waals surface area contributed by atoms with E-state index in [0.29, 0.717) is 13.2 Å². The third-order valence-corrected chi connectivity index (χ3v) is 1.48. The number of aliphatic hydroxyl groups excluding tert-OH is 1. The SMILES string of the molecule is N[C@H]1COC[C@H]1CO. The Hall–Kier alpha value is -0.120. The third kappa shape index (κ3) is 0.992. The van der Waals surface area contributed by atoms with Crippen LogP contribution in [0.1, 0.15) is 0 Å². The van der Waals surface area contributed by atoms with Crippen molar-refractivity contribution in [3.8, 4) is 0 Å². The molecule has 8 heavy (non-hydrogen) atoms. The van der Waals surface area contributed by atoms with Crippen LogP contribution < -0.4 is 5.73 Å². The fourth-order valence-corrected chi connectivity index (χ4v) is 0.803. The van der Waals surface area contributed by atoms with Gasteiger partial charge in [0.05, 0.1) is 13.2 Å². The molecule has 0 spiro atoms. The zero-order chi connectivity index (χ0) is 5.98. The van der Waals surface area contributed by atoms with Gasteiger partial charge in [-0.05, 0) is 0 Å². The molecule has 1 heterocycles. The van der Waals surface area contributed by atoms with Gasteiger partial charge in [0.2, 0.25) is 0 Å². The molecule has 0 aliphatic carbocycles. The molecule has 1 fully saturated rings. The lowest BCUT2D eigenvalue weighted by atomic mass is 10.1. The first-order valence-electron chi connectivity index (χ1n) is 2.78. The fourth-order valence-electron chi connectivity index (χ4n) is 0.803. The summed E-state index contributed by atoms with van der Waals surface area (Å²) in [6.45, 7) is 1.38. The Morgan fingerprint density at radius 1 is 1.62 bits per heavy atom. The van der Waals surface area contributed by atoms with E-state index < -0.39 is 0 Å². The van der Waals surface area contributed by atoms with Crippen molar-refractivity contribution in [1.29, 1.82) is 0 Å². The Morgan fingerprint density at radius 2 is 2.38 bits per heavy atom. The summed E-state index contributed by atoms with van der Waals surface area (Å²) in [5.41, 5.74) is 5.50. The van der Waals surface area contributed by atoms with E-state index >= 15 is 0 Å². The summed E-state index contributed by atoms with van der Waals surface area (Å²) in [6.07, 6.45) is 0. The van der Waals surface area contributed by atoms with Gasteiger partial charge >= 0.3 is 0 Å². The van der Waals surface area contributed by atoms with Crippen LogP contribution >= 0.6 is 0 Å². The molecule has 0 saturated carbocycles. The van der Waals surface area contributed by atoms with Gasteiger partial charge in [-0.15, -0.1) is 0 Å².